The first-order valence-corrected chi connectivity index (χ1v) is 6.17. The maximum Gasteiger partial charge on any atom is 0.337 e. The summed E-state index contributed by atoms with van der Waals surface area (Å²) in [5.74, 6) is 0.551. The number of ether oxygens (including phenoxy) is 1. The largest absolute Gasteiger partial charge is 0.465 e. The van der Waals surface area contributed by atoms with Crippen LogP contribution < -0.4 is 5.73 Å². The van der Waals surface area contributed by atoms with Gasteiger partial charge in [0, 0.05) is 18.8 Å². The molecule has 1 aromatic heterocycles. The molecule has 2 rings (SSSR count). The summed E-state index contributed by atoms with van der Waals surface area (Å²) >= 11 is 0. The number of benzene rings is 1. The van der Waals surface area contributed by atoms with E-state index >= 15 is 0 Å². The number of hydrogen-bond acceptors (Lipinski definition) is 4. The number of nitrogens with zero attached hydrogens (tertiary/aromatic N) is 2. The van der Waals surface area contributed by atoms with E-state index in [1.54, 1.807) is 24.4 Å². The molecule has 5 nitrogen and oxygen atoms in total. The van der Waals surface area contributed by atoms with E-state index in [-0.39, 0.29) is 5.97 Å². The Hall–Kier alpha value is -2.30. The molecule has 0 atom stereocenters. The smallest absolute Gasteiger partial charge is 0.337 e. The van der Waals surface area contributed by atoms with E-state index in [2.05, 4.69) is 11.9 Å². The van der Waals surface area contributed by atoms with E-state index in [0.29, 0.717) is 11.3 Å². The van der Waals surface area contributed by atoms with Crippen molar-refractivity contribution in [1.82, 2.24) is 9.55 Å². The molecule has 0 aliphatic rings. The van der Waals surface area contributed by atoms with Crippen LogP contribution in [-0.2, 0) is 11.2 Å². The first-order chi connectivity index (χ1) is 9.17. The lowest BCUT2D eigenvalue weighted by Gasteiger charge is -2.11. The van der Waals surface area contributed by atoms with Crippen molar-refractivity contribution in [3.05, 3.63) is 42.0 Å². The normalized spacial score (nSPS) is 10.4. The van der Waals surface area contributed by atoms with Crippen LogP contribution >= 0.6 is 0 Å². The summed E-state index contributed by atoms with van der Waals surface area (Å²) in [4.78, 5) is 15.9. The van der Waals surface area contributed by atoms with Crippen LogP contribution in [0.1, 0.15) is 29.5 Å². The van der Waals surface area contributed by atoms with Crippen LogP contribution in [0.4, 0.5) is 5.69 Å². The Morgan fingerprint density at radius 1 is 1.47 bits per heavy atom. The molecule has 0 fully saturated rings. The van der Waals surface area contributed by atoms with Crippen LogP contribution in [0.15, 0.2) is 30.6 Å². The maximum absolute atomic E-state index is 11.6. The highest BCUT2D eigenvalue weighted by molar-refractivity contribution is 5.91. The van der Waals surface area contributed by atoms with Gasteiger partial charge < -0.3 is 15.0 Å². The molecule has 0 spiro atoms. The molecule has 100 valence electrons. The number of nitrogen functional groups attached to an aromatic ring is 1. The molecule has 0 aliphatic heterocycles. The number of imidazole rings is 1. The summed E-state index contributed by atoms with van der Waals surface area (Å²) in [6.45, 7) is 2.09. The topological polar surface area (TPSA) is 70.1 Å². The van der Waals surface area contributed by atoms with E-state index in [4.69, 9.17) is 10.5 Å². The van der Waals surface area contributed by atoms with Gasteiger partial charge in [-0.15, -0.1) is 0 Å². The van der Waals surface area contributed by atoms with Gasteiger partial charge in [-0.3, -0.25) is 0 Å². The molecule has 19 heavy (non-hydrogen) atoms. The predicted molar refractivity (Wildman–Crippen MR) is 73.3 cm³/mol. The number of rotatable bonds is 4. The molecule has 0 unspecified atom stereocenters. The van der Waals surface area contributed by atoms with E-state index in [0.717, 1.165) is 24.4 Å². The third kappa shape index (κ3) is 2.59. The molecule has 2 aromatic rings. The van der Waals surface area contributed by atoms with Crippen molar-refractivity contribution in [1.29, 1.82) is 0 Å². The van der Waals surface area contributed by atoms with Gasteiger partial charge in [0.05, 0.1) is 24.0 Å². The zero-order valence-corrected chi connectivity index (χ0v) is 11.1. The Balaban J connectivity index is 2.48. The summed E-state index contributed by atoms with van der Waals surface area (Å²) in [5, 5.41) is 0. The Morgan fingerprint density at radius 3 is 2.95 bits per heavy atom. The Bertz CT molecular complexity index is 590. The van der Waals surface area contributed by atoms with Crippen molar-refractivity contribution in [3.63, 3.8) is 0 Å². The molecular formula is C14H17N3O2. The van der Waals surface area contributed by atoms with Crippen LogP contribution in [0.25, 0.3) is 5.69 Å². The van der Waals surface area contributed by atoms with Gasteiger partial charge in [-0.25, -0.2) is 9.78 Å². The van der Waals surface area contributed by atoms with Crippen LogP contribution in [0, 0.1) is 0 Å². The second kappa shape index (κ2) is 5.56. The van der Waals surface area contributed by atoms with Crippen LogP contribution in [0.2, 0.25) is 0 Å². The lowest BCUT2D eigenvalue weighted by atomic mass is 10.1. The predicted octanol–water partition coefficient (Wildman–Crippen LogP) is 2.19. The third-order valence-corrected chi connectivity index (χ3v) is 2.90. The van der Waals surface area contributed by atoms with Gasteiger partial charge in [0.1, 0.15) is 5.82 Å². The molecule has 0 bridgehead atoms. The van der Waals surface area contributed by atoms with Crippen molar-refractivity contribution >= 4 is 11.7 Å². The minimum Gasteiger partial charge on any atom is -0.465 e. The minimum absolute atomic E-state index is 0.376. The van der Waals surface area contributed by atoms with Crippen molar-refractivity contribution in [3.8, 4) is 5.69 Å². The van der Waals surface area contributed by atoms with Gasteiger partial charge in [0.25, 0.3) is 0 Å². The molecule has 1 heterocycles. The van der Waals surface area contributed by atoms with Crippen LogP contribution in [0.3, 0.4) is 0 Å². The molecule has 0 amide bonds. The number of aryl methyl sites for hydroxylation is 1. The van der Waals surface area contributed by atoms with Gasteiger partial charge in [-0.1, -0.05) is 6.92 Å². The summed E-state index contributed by atoms with van der Waals surface area (Å²) < 4.78 is 6.63. The zero-order valence-electron chi connectivity index (χ0n) is 11.1. The number of carbonyl (C=O) groups excluding carboxylic acids is 1. The highest BCUT2D eigenvalue weighted by atomic mass is 16.5. The second-order valence-electron chi connectivity index (χ2n) is 4.23. The van der Waals surface area contributed by atoms with Gasteiger partial charge in [0.15, 0.2) is 0 Å². The highest BCUT2D eigenvalue weighted by Gasteiger charge is 2.12. The number of carbonyl (C=O) groups is 1. The summed E-state index contributed by atoms with van der Waals surface area (Å²) in [6, 6.07) is 5.08. The number of anilines is 1. The fourth-order valence-electron chi connectivity index (χ4n) is 1.96. The van der Waals surface area contributed by atoms with Crippen molar-refractivity contribution in [2.45, 2.75) is 19.8 Å². The quantitative estimate of drug-likeness (QED) is 0.675. The van der Waals surface area contributed by atoms with Gasteiger partial charge in [-0.2, -0.15) is 0 Å². The standard InChI is InChI=1S/C14H17N3O2/c1-3-4-13-16-7-8-17(13)12-9-10(14(18)19-2)5-6-11(12)15/h5-9H,3-4,15H2,1-2H3. The number of nitrogens with two attached hydrogens (primary N) is 1. The van der Waals surface area contributed by atoms with E-state index < -0.39 is 0 Å². The summed E-state index contributed by atoms with van der Waals surface area (Å²) in [7, 11) is 1.36. The fourth-order valence-corrected chi connectivity index (χ4v) is 1.96. The Labute approximate surface area is 112 Å². The van der Waals surface area contributed by atoms with Gasteiger partial charge in [0.2, 0.25) is 0 Å². The Kier molecular flexibility index (Phi) is 3.85. The first kappa shape index (κ1) is 13.1. The first-order valence-electron chi connectivity index (χ1n) is 6.17. The third-order valence-electron chi connectivity index (χ3n) is 2.90. The zero-order chi connectivity index (χ0) is 13.8. The van der Waals surface area contributed by atoms with Crippen LogP contribution in [0.5, 0.6) is 0 Å². The molecule has 2 N–H and O–H groups in total. The highest BCUT2D eigenvalue weighted by Crippen LogP contribution is 2.21. The van der Waals surface area contributed by atoms with Crippen molar-refractivity contribution < 1.29 is 9.53 Å². The van der Waals surface area contributed by atoms with Gasteiger partial charge >= 0.3 is 5.97 Å². The molecule has 1 aromatic carbocycles. The number of hydrogen-bond donors (Lipinski definition) is 1. The van der Waals surface area contributed by atoms with Gasteiger partial charge in [-0.05, 0) is 24.6 Å². The number of aromatic nitrogens is 2. The molecular weight excluding hydrogens is 242 g/mol. The monoisotopic (exact) mass is 259 g/mol. The van der Waals surface area contributed by atoms with Crippen molar-refractivity contribution in [2.24, 2.45) is 0 Å². The molecule has 0 aliphatic carbocycles. The Morgan fingerprint density at radius 2 is 2.26 bits per heavy atom. The second-order valence-corrected chi connectivity index (χ2v) is 4.23. The van der Waals surface area contributed by atoms with Crippen molar-refractivity contribution in [2.75, 3.05) is 12.8 Å². The lowest BCUT2D eigenvalue weighted by Crippen LogP contribution is -2.07. The molecule has 0 saturated heterocycles. The van der Waals surface area contributed by atoms with E-state index in [1.165, 1.54) is 7.11 Å². The van der Waals surface area contributed by atoms with E-state index in [9.17, 15) is 4.79 Å². The van der Waals surface area contributed by atoms with E-state index in [1.807, 2.05) is 10.8 Å². The average molecular weight is 259 g/mol. The molecule has 0 saturated carbocycles. The SMILES string of the molecule is CCCc1nccn1-c1cc(C(=O)OC)ccc1N. The average Bonchev–Trinajstić information content (AvgIpc) is 2.87. The summed E-state index contributed by atoms with van der Waals surface area (Å²) in [5.41, 5.74) is 7.82. The lowest BCUT2D eigenvalue weighted by molar-refractivity contribution is 0.0600. The number of methoxy groups -OCH3 is 1. The summed E-state index contributed by atoms with van der Waals surface area (Å²) in [6.07, 6.45) is 5.43. The maximum atomic E-state index is 11.6. The number of esters is 1. The minimum atomic E-state index is -0.376. The molecule has 5 heteroatoms. The van der Waals surface area contributed by atoms with Crippen LogP contribution in [-0.4, -0.2) is 22.6 Å². The molecule has 0 radical (unpaired) electrons. The fraction of sp³-hybridized carbons (Fsp3) is 0.286.